The van der Waals surface area contributed by atoms with Crippen LogP contribution in [0.15, 0.2) is 146 Å². The molecule has 7 heteroatoms. The highest BCUT2D eigenvalue weighted by molar-refractivity contribution is 6.63. The van der Waals surface area contributed by atoms with Gasteiger partial charge in [0, 0.05) is 32.7 Å². The Morgan fingerprint density at radius 2 is 0.550 bits per heavy atom. The van der Waals surface area contributed by atoms with E-state index in [2.05, 4.69) is 71.6 Å². The molecule has 0 saturated heterocycles. The number of fused-ring (bicyclic) bond motifs is 2. The molecule has 0 radical (unpaired) electrons. The van der Waals surface area contributed by atoms with Gasteiger partial charge in [0.05, 0.1) is 39.6 Å². The molecule has 0 spiro atoms. The first-order valence-corrected chi connectivity index (χ1v) is 19.9. The summed E-state index contributed by atoms with van der Waals surface area (Å²) in [6, 6.07) is 47.5. The van der Waals surface area contributed by atoms with Crippen LogP contribution in [0.2, 0.25) is 0 Å². The Morgan fingerprint density at radius 1 is 0.350 bits per heavy atom. The maximum absolute atomic E-state index is 5.38. The van der Waals surface area contributed by atoms with Crippen LogP contribution in [0.1, 0.15) is 22.3 Å². The molecule has 0 aliphatic rings. The van der Waals surface area contributed by atoms with Gasteiger partial charge < -0.3 is 18.9 Å². The third kappa shape index (κ3) is 11.2. The molecule has 0 unspecified atom stereocenters. The highest BCUT2D eigenvalue weighted by Gasteiger charge is 2.11. The van der Waals surface area contributed by atoms with Crippen molar-refractivity contribution in [3.05, 3.63) is 178 Å². The minimum absolute atomic E-state index is 0.686. The molecule has 0 aromatic heterocycles. The van der Waals surface area contributed by atoms with Crippen molar-refractivity contribution in [3.63, 3.8) is 0 Å². The van der Waals surface area contributed by atoms with Crippen molar-refractivity contribution in [2.45, 2.75) is 4.30 Å². The largest absolute Gasteiger partial charge is 0.497 e. The second kappa shape index (κ2) is 21.2. The van der Waals surface area contributed by atoms with E-state index < -0.39 is 4.30 Å². The summed E-state index contributed by atoms with van der Waals surface area (Å²) in [5.41, 5.74) is 4.75. The van der Waals surface area contributed by atoms with Crippen LogP contribution < -0.4 is 29.4 Å². The van der Waals surface area contributed by atoms with Crippen molar-refractivity contribution in [3.8, 4) is 70.4 Å². The van der Waals surface area contributed by atoms with Crippen molar-refractivity contribution < 1.29 is 18.9 Å². The molecule has 0 heterocycles. The summed E-state index contributed by atoms with van der Waals surface area (Å²) in [5, 5.41) is 5.82. The van der Waals surface area contributed by atoms with Gasteiger partial charge in [0.2, 0.25) is 0 Å². The predicted octanol–water partition coefficient (Wildman–Crippen LogP) is 10.5. The number of ether oxygens (including phenoxy) is 4. The maximum Gasteiger partial charge on any atom is 0.180 e. The van der Waals surface area contributed by atoms with E-state index >= 15 is 0 Å². The van der Waals surface area contributed by atoms with Gasteiger partial charge in [0.25, 0.3) is 0 Å². The van der Waals surface area contributed by atoms with Crippen molar-refractivity contribution in [2.75, 3.05) is 28.4 Å². The maximum atomic E-state index is 5.38. The monoisotopic (exact) mass is 842 g/mol. The van der Waals surface area contributed by atoms with Crippen LogP contribution in [0, 0.1) is 47.4 Å². The standard InChI is InChI=1S/C52H36O4.CHCl3/c1-53-43-29-17-37(18-30-43)13-25-41(26-14-38-19-31-44(54-2)32-20-38)51-47-9-5-7-11-49(47)52(50-12-8-6-10-48(50)51)42(27-15-39-21-33-45(55-3)34-22-39)28-16-40-23-35-46(56-4)36-24-40;2-1(3)4/h5-12,17-24,29-36H,1-4H3;1H. The molecule has 7 aromatic carbocycles. The zero-order valence-corrected chi connectivity index (χ0v) is 35.5. The number of rotatable bonds is 4. The Labute approximate surface area is 365 Å². The van der Waals surface area contributed by atoms with Crippen LogP contribution in [0.3, 0.4) is 0 Å². The predicted molar refractivity (Wildman–Crippen MR) is 248 cm³/mol. The molecular formula is C53H37Cl3O4. The fourth-order valence-corrected chi connectivity index (χ4v) is 6.22. The molecule has 0 aliphatic heterocycles. The average Bonchev–Trinajstić information content (AvgIpc) is 3.29. The lowest BCUT2D eigenvalue weighted by Gasteiger charge is -2.09. The second-order valence-electron chi connectivity index (χ2n) is 12.8. The highest BCUT2D eigenvalue weighted by atomic mass is 35.6. The van der Waals surface area contributed by atoms with Gasteiger partial charge in [-0.3, -0.25) is 0 Å². The number of methoxy groups -OCH3 is 4. The summed E-state index contributed by atoms with van der Waals surface area (Å²) in [6.07, 6.45) is 0. The molecule has 0 N–H and O–H groups in total. The third-order valence-electron chi connectivity index (χ3n) is 9.12. The Morgan fingerprint density at radius 3 is 0.733 bits per heavy atom. The van der Waals surface area contributed by atoms with Crippen LogP contribution >= 0.6 is 34.8 Å². The Kier molecular flexibility index (Phi) is 15.1. The summed E-state index contributed by atoms with van der Waals surface area (Å²) < 4.78 is 20.8. The zero-order chi connectivity index (χ0) is 42.3. The summed E-state index contributed by atoms with van der Waals surface area (Å²) in [5.74, 6) is 30.5. The quantitative estimate of drug-likeness (QED) is 0.101. The lowest BCUT2D eigenvalue weighted by Crippen LogP contribution is -2.18. The summed E-state index contributed by atoms with van der Waals surface area (Å²) in [6.45, 7) is 0. The molecule has 0 aliphatic carbocycles. The fraction of sp³-hybridized carbons (Fsp3) is 0.0943. The first kappa shape index (κ1) is 42.7. The molecule has 0 fully saturated rings. The van der Waals surface area contributed by atoms with Gasteiger partial charge in [0.15, 0.2) is 4.30 Å². The molecule has 4 nitrogen and oxygen atoms in total. The van der Waals surface area contributed by atoms with Crippen LogP contribution in [0.25, 0.3) is 32.7 Å². The topological polar surface area (TPSA) is 36.9 Å². The molecule has 7 rings (SSSR count). The molecule has 0 bridgehead atoms. The van der Waals surface area contributed by atoms with E-state index in [9.17, 15) is 0 Å². The first-order chi connectivity index (χ1) is 29.3. The first-order valence-electron chi connectivity index (χ1n) is 18.5. The van der Waals surface area contributed by atoms with Gasteiger partial charge >= 0.3 is 0 Å². The van der Waals surface area contributed by atoms with E-state index in [4.69, 9.17) is 53.8 Å². The van der Waals surface area contributed by atoms with Crippen molar-refractivity contribution in [2.24, 2.45) is 0 Å². The van der Waals surface area contributed by atoms with Gasteiger partial charge in [-0.2, -0.15) is 0 Å². The molecule has 0 amide bonds. The molecule has 7 aromatic rings. The SMILES string of the molecule is COc1ccc(C#CC(C#Cc2ccc(OC)cc2)=c2c3ccccc3c(=C(C#Cc3ccc(OC)cc3)C#Cc3ccc(OC)cc3)c3ccccc23)cc1.ClC(Cl)Cl. The molecular weight excluding hydrogens is 807 g/mol. The minimum atomic E-state index is -0.750. The zero-order valence-electron chi connectivity index (χ0n) is 33.2. The van der Waals surface area contributed by atoms with Crippen molar-refractivity contribution >= 4 is 67.5 Å². The molecule has 0 atom stereocenters. The molecule has 60 heavy (non-hydrogen) atoms. The molecule has 0 saturated carbocycles. The number of hydrogen-bond acceptors (Lipinski definition) is 4. The second-order valence-corrected chi connectivity index (χ2v) is 14.7. The number of alkyl halides is 3. The lowest BCUT2D eigenvalue weighted by molar-refractivity contribution is 0.414. The van der Waals surface area contributed by atoms with E-state index in [1.165, 1.54) is 0 Å². The van der Waals surface area contributed by atoms with Gasteiger partial charge in [0.1, 0.15) is 23.0 Å². The Hall–Kier alpha value is -6.89. The summed E-state index contributed by atoms with van der Waals surface area (Å²) >= 11 is 14.4. The minimum Gasteiger partial charge on any atom is -0.497 e. The highest BCUT2D eigenvalue weighted by Crippen LogP contribution is 2.19. The van der Waals surface area contributed by atoms with Crippen LogP contribution in [-0.2, 0) is 0 Å². The van der Waals surface area contributed by atoms with Gasteiger partial charge in [-0.15, -0.1) is 0 Å². The van der Waals surface area contributed by atoms with Crippen LogP contribution in [-0.4, -0.2) is 32.7 Å². The summed E-state index contributed by atoms with van der Waals surface area (Å²) in [7, 11) is 6.61. The third-order valence-corrected chi connectivity index (χ3v) is 9.12. The number of halogens is 3. The van der Waals surface area contributed by atoms with Gasteiger partial charge in [-0.05, 0) is 119 Å². The summed E-state index contributed by atoms with van der Waals surface area (Å²) in [4.78, 5) is 0. The smallest absolute Gasteiger partial charge is 0.180 e. The van der Waals surface area contributed by atoms with E-state index in [0.717, 1.165) is 77.2 Å². The number of benzene rings is 7. The normalized spacial score (nSPS) is 9.87. The van der Waals surface area contributed by atoms with Crippen molar-refractivity contribution in [1.82, 2.24) is 0 Å². The van der Waals surface area contributed by atoms with Gasteiger partial charge in [-0.25, -0.2) is 0 Å². The van der Waals surface area contributed by atoms with Gasteiger partial charge in [-0.1, -0.05) is 131 Å². The number of hydrogen-bond donors (Lipinski definition) is 0. The molecule has 294 valence electrons. The van der Waals surface area contributed by atoms with Crippen LogP contribution in [0.4, 0.5) is 0 Å². The van der Waals surface area contributed by atoms with E-state index in [1.807, 2.05) is 121 Å². The van der Waals surface area contributed by atoms with E-state index in [0.29, 0.717) is 11.1 Å². The van der Waals surface area contributed by atoms with Crippen LogP contribution in [0.5, 0.6) is 23.0 Å². The average molecular weight is 844 g/mol. The van der Waals surface area contributed by atoms with E-state index in [-0.39, 0.29) is 0 Å². The van der Waals surface area contributed by atoms with Crippen molar-refractivity contribution in [1.29, 1.82) is 0 Å². The van der Waals surface area contributed by atoms with E-state index in [1.54, 1.807) is 28.4 Å². The Bertz CT molecular complexity index is 2590. The fourth-order valence-electron chi connectivity index (χ4n) is 6.22. The Balaban J connectivity index is 0.00000144. The lowest BCUT2D eigenvalue weighted by atomic mass is 9.93.